The molecule has 0 saturated carbocycles. The largest absolute Gasteiger partial charge is 0.493 e. The normalized spacial score (nSPS) is 17.4. The monoisotopic (exact) mass is 586 g/mol. The van der Waals surface area contributed by atoms with Crippen LogP contribution in [0.2, 0.25) is 5.02 Å². The molecule has 0 saturated heterocycles. The number of para-hydroxylation sites is 1. The summed E-state index contributed by atoms with van der Waals surface area (Å²) in [5.41, 5.74) is 2.75. The van der Waals surface area contributed by atoms with E-state index in [1.807, 2.05) is 37.3 Å². The number of methoxy groups -OCH3 is 2. The van der Waals surface area contributed by atoms with Crippen LogP contribution in [0.4, 0.5) is 5.69 Å². The maximum Gasteiger partial charge on any atom is 0.303 e. The molecular formula is C30H35ClN2O6S. The lowest BCUT2D eigenvalue weighted by molar-refractivity contribution is -0.137. The number of amides is 1. The molecule has 214 valence electrons. The van der Waals surface area contributed by atoms with Crippen LogP contribution in [0.5, 0.6) is 11.5 Å². The molecule has 10 heteroatoms. The summed E-state index contributed by atoms with van der Waals surface area (Å²) in [6.45, 7) is 8.57. The zero-order valence-corrected chi connectivity index (χ0v) is 25.2. The van der Waals surface area contributed by atoms with Gasteiger partial charge >= 0.3 is 5.97 Å². The fourth-order valence-corrected chi connectivity index (χ4v) is 6.17. The van der Waals surface area contributed by atoms with Crippen molar-refractivity contribution in [2.24, 2.45) is 5.41 Å². The van der Waals surface area contributed by atoms with Crippen LogP contribution >= 0.6 is 22.9 Å². The van der Waals surface area contributed by atoms with E-state index in [2.05, 4.69) is 25.8 Å². The maximum absolute atomic E-state index is 14.2. The molecule has 2 aromatic carbocycles. The van der Waals surface area contributed by atoms with Gasteiger partial charge in [0.2, 0.25) is 0 Å². The number of rotatable bonds is 9. The van der Waals surface area contributed by atoms with Crippen molar-refractivity contribution in [3.05, 3.63) is 68.1 Å². The van der Waals surface area contributed by atoms with Crippen molar-refractivity contribution in [3.63, 3.8) is 0 Å². The van der Waals surface area contributed by atoms with Gasteiger partial charge in [0.15, 0.2) is 11.5 Å². The number of fused-ring (bicyclic) bond motifs is 1. The van der Waals surface area contributed by atoms with Crippen molar-refractivity contribution in [2.75, 3.05) is 25.7 Å². The Morgan fingerprint density at radius 1 is 1.18 bits per heavy atom. The SMILES string of the molecule is COc1cccc([C@H]2O[C@H](Cc3nc(C)c(CCC(=O)O)s3)C(=O)N(CC(C)(C)C)c3ccc(Cl)cc32)c1OC. The maximum atomic E-state index is 14.2. The highest BCUT2D eigenvalue weighted by Gasteiger charge is 2.39. The highest BCUT2D eigenvalue weighted by Crippen LogP contribution is 2.45. The molecule has 8 nitrogen and oxygen atoms in total. The molecular weight excluding hydrogens is 552 g/mol. The third kappa shape index (κ3) is 6.59. The standard InChI is InChI=1S/C30H35ClN2O6S/c1-17-24(12-13-26(34)35)40-25(32-17)15-23-29(36)33(16-30(2,3)4)21-11-10-18(31)14-20(21)27(39-23)19-8-7-9-22(37-5)28(19)38-6/h7-11,14,23,27H,12-13,15-16H2,1-6H3,(H,34,35)/t23-,27-/m1/s1. The van der Waals surface area contributed by atoms with Crippen LogP contribution in [0, 0.1) is 12.3 Å². The number of anilines is 1. The van der Waals surface area contributed by atoms with Crippen LogP contribution in [0.15, 0.2) is 36.4 Å². The first-order chi connectivity index (χ1) is 18.9. The average molecular weight is 587 g/mol. The molecule has 0 unspecified atom stereocenters. The molecule has 1 aromatic heterocycles. The predicted molar refractivity (Wildman–Crippen MR) is 156 cm³/mol. The zero-order valence-electron chi connectivity index (χ0n) is 23.6. The van der Waals surface area contributed by atoms with Gasteiger partial charge in [0.25, 0.3) is 5.91 Å². The summed E-state index contributed by atoms with van der Waals surface area (Å²) < 4.78 is 18.0. The second kappa shape index (κ2) is 12.2. The third-order valence-electron chi connectivity index (χ3n) is 6.62. The van der Waals surface area contributed by atoms with Gasteiger partial charge in [0.05, 0.1) is 31.3 Å². The quantitative estimate of drug-likeness (QED) is 0.316. The minimum absolute atomic E-state index is 0.0223. The molecule has 1 aliphatic rings. The van der Waals surface area contributed by atoms with Gasteiger partial charge in [-0.2, -0.15) is 0 Å². The third-order valence-corrected chi connectivity index (χ3v) is 8.09. The number of hydrogen-bond acceptors (Lipinski definition) is 7. The number of thiazole rings is 1. The van der Waals surface area contributed by atoms with Gasteiger partial charge in [-0.05, 0) is 43.0 Å². The molecule has 1 aliphatic heterocycles. The number of carboxylic acid groups (broad SMARTS) is 1. The Hall–Kier alpha value is -3.14. The summed E-state index contributed by atoms with van der Waals surface area (Å²) in [6, 6.07) is 11.0. The lowest BCUT2D eigenvalue weighted by Gasteiger charge is -2.31. The highest BCUT2D eigenvalue weighted by molar-refractivity contribution is 7.11. The summed E-state index contributed by atoms with van der Waals surface area (Å²) in [7, 11) is 3.15. The van der Waals surface area contributed by atoms with Gasteiger partial charge in [-0.3, -0.25) is 9.59 Å². The van der Waals surface area contributed by atoms with Crippen LogP contribution in [0.25, 0.3) is 0 Å². The number of carbonyl (C=O) groups is 2. The van der Waals surface area contributed by atoms with Crippen molar-refractivity contribution in [3.8, 4) is 11.5 Å². The van der Waals surface area contributed by atoms with Gasteiger partial charge in [0.1, 0.15) is 12.2 Å². The van der Waals surface area contributed by atoms with Gasteiger partial charge in [-0.1, -0.05) is 44.5 Å². The first-order valence-corrected chi connectivity index (χ1v) is 14.3. The highest BCUT2D eigenvalue weighted by atomic mass is 35.5. The summed E-state index contributed by atoms with van der Waals surface area (Å²) in [5.74, 6) is 0.0191. The second-order valence-corrected chi connectivity index (χ2v) is 12.6. The first kappa shape index (κ1) is 29.8. The number of aliphatic carboxylic acids is 1. The van der Waals surface area contributed by atoms with E-state index in [4.69, 9.17) is 30.9 Å². The van der Waals surface area contributed by atoms with Crippen LogP contribution in [-0.4, -0.2) is 48.8 Å². The predicted octanol–water partition coefficient (Wildman–Crippen LogP) is 6.25. The van der Waals surface area contributed by atoms with E-state index in [-0.39, 0.29) is 24.2 Å². The van der Waals surface area contributed by atoms with Crippen molar-refractivity contribution in [2.45, 2.75) is 59.2 Å². The lowest BCUT2D eigenvalue weighted by Crippen LogP contribution is -2.44. The van der Waals surface area contributed by atoms with Crippen LogP contribution in [-0.2, 0) is 27.2 Å². The number of carbonyl (C=O) groups excluding carboxylic acids is 1. The summed E-state index contributed by atoms with van der Waals surface area (Å²) in [6.07, 6.45) is -0.906. The number of ether oxygens (including phenoxy) is 3. The molecule has 0 spiro atoms. The number of hydrogen-bond donors (Lipinski definition) is 1. The van der Waals surface area contributed by atoms with E-state index in [0.29, 0.717) is 40.1 Å². The first-order valence-electron chi connectivity index (χ1n) is 13.1. The van der Waals surface area contributed by atoms with E-state index in [0.717, 1.165) is 21.8 Å². The molecule has 0 aliphatic carbocycles. The Kier molecular flexibility index (Phi) is 9.07. The molecule has 1 N–H and O–H groups in total. The molecule has 4 rings (SSSR count). The molecule has 0 fully saturated rings. The van der Waals surface area contributed by atoms with E-state index < -0.39 is 18.2 Å². The summed E-state index contributed by atoms with van der Waals surface area (Å²) in [4.78, 5) is 32.7. The Morgan fingerprint density at radius 3 is 2.58 bits per heavy atom. The van der Waals surface area contributed by atoms with Gasteiger partial charge < -0.3 is 24.2 Å². The lowest BCUT2D eigenvalue weighted by atomic mass is 9.94. The van der Waals surface area contributed by atoms with E-state index in [1.54, 1.807) is 25.2 Å². The van der Waals surface area contributed by atoms with Gasteiger partial charge in [0, 0.05) is 39.7 Å². The Morgan fingerprint density at radius 2 is 1.93 bits per heavy atom. The summed E-state index contributed by atoms with van der Waals surface area (Å²) in [5, 5.41) is 10.4. The Labute approximate surface area is 243 Å². The van der Waals surface area contributed by atoms with Crippen molar-refractivity contribution >= 4 is 40.5 Å². The second-order valence-electron chi connectivity index (χ2n) is 11.0. The fraction of sp³-hybridized carbons (Fsp3) is 0.433. The molecule has 1 amide bonds. The number of carboxylic acids is 1. The zero-order chi connectivity index (χ0) is 29.2. The minimum Gasteiger partial charge on any atom is -0.493 e. The smallest absolute Gasteiger partial charge is 0.303 e. The van der Waals surface area contributed by atoms with E-state index >= 15 is 0 Å². The number of benzene rings is 2. The number of halogens is 1. The molecule has 40 heavy (non-hydrogen) atoms. The van der Waals surface area contributed by atoms with E-state index in [1.165, 1.54) is 11.3 Å². The van der Waals surface area contributed by atoms with Crippen LogP contribution < -0.4 is 14.4 Å². The van der Waals surface area contributed by atoms with Crippen LogP contribution in [0.1, 0.15) is 60.0 Å². The topological polar surface area (TPSA) is 98.2 Å². The molecule has 2 heterocycles. The Balaban J connectivity index is 1.84. The van der Waals surface area contributed by atoms with Crippen molar-refractivity contribution < 1.29 is 28.9 Å². The summed E-state index contributed by atoms with van der Waals surface area (Å²) >= 11 is 7.93. The van der Waals surface area contributed by atoms with Crippen molar-refractivity contribution in [1.82, 2.24) is 4.98 Å². The molecule has 2 atom stereocenters. The number of aromatic nitrogens is 1. The minimum atomic E-state index is -0.868. The number of nitrogens with zero attached hydrogens (tertiary/aromatic N) is 2. The van der Waals surface area contributed by atoms with Gasteiger partial charge in [-0.15, -0.1) is 11.3 Å². The average Bonchev–Trinajstić information content (AvgIpc) is 3.21. The Bertz CT molecular complexity index is 1400. The molecule has 0 bridgehead atoms. The van der Waals surface area contributed by atoms with Gasteiger partial charge in [-0.25, -0.2) is 4.98 Å². The van der Waals surface area contributed by atoms with E-state index in [9.17, 15) is 9.59 Å². The molecule has 3 aromatic rings. The van der Waals surface area contributed by atoms with Crippen molar-refractivity contribution in [1.29, 1.82) is 0 Å². The van der Waals surface area contributed by atoms with Crippen LogP contribution in [0.3, 0.4) is 0 Å². The molecule has 0 radical (unpaired) electrons. The fourth-order valence-electron chi connectivity index (χ4n) is 4.89. The number of aryl methyl sites for hydroxylation is 2.